The molecule has 28 heavy (non-hydrogen) atoms. The van der Waals surface area contributed by atoms with Crippen molar-refractivity contribution in [3.05, 3.63) is 89.6 Å². The first kappa shape index (κ1) is 19.4. The summed E-state index contributed by atoms with van der Waals surface area (Å²) in [6.07, 6.45) is 1.91. The Morgan fingerprint density at radius 3 is 2.50 bits per heavy atom. The normalized spacial score (nSPS) is 11.6. The van der Waals surface area contributed by atoms with Gasteiger partial charge in [0.15, 0.2) is 5.76 Å². The lowest BCUT2D eigenvalue weighted by Gasteiger charge is -2.13. The molecular formula is C22H21FN2O3. The maximum atomic E-state index is 13.2. The Bertz CT molecular complexity index is 937. The second kappa shape index (κ2) is 8.99. The molecule has 1 unspecified atom stereocenters. The first-order valence-corrected chi connectivity index (χ1v) is 8.97. The molecule has 1 atom stereocenters. The van der Waals surface area contributed by atoms with E-state index in [1.165, 1.54) is 18.4 Å². The molecule has 0 bridgehead atoms. The Morgan fingerprint density at radius 1 is 1.04 bits per heavy atom. The van der Waals surface area contributed by atoms with E-state index in [1.54, 1.807) is 30.3 Å². The van der Waals surface area contributed by atoms with E-state index in [1.807, 2.05) is 25.1 Å². The second-order valence-corrected chi connectivity index (χ2v) is 6.58. The highest BCUT2D eigenvalue weighted by atomic mass is 19.1. The summed E-state index contributed by atoms with van der Waals surface area (Å²) in [7, 11) is 0. The van der Waals surface area contributed by atoms with Crippen LogP contribution in [0.4, 0.5) is 10.1 Å². The Labute approximate surface area is 162 Å². The molecular weight excluding hydrogens is 359 g/mol. The van der Waals surface area contributed by atoms with Crippen LogP contribution in [0.15, 0.2) is 71.3 Å². The van der Waals surface area contributed by atoms with Gasteiger partial charge in [0.05, 0.1) is 6.26 Å². The summed E-state index contributed by atoms with van der Waals surface area (Å²) in [5.41, 5.74) is 2.33. The van der Waals surface area contributed by atoms with Crippen LogP contribution < -0.4 is 10.6 Å². The standard InChI is InChI=1S/C22H21FN2O3/c1-15(12-17-4-2-5-18(23)13-17)21(26)24-14-16-7-9-19(10-8-16)25-22(27)20-6-3-11-28-20/h2-11,13,15H,12,14H2,1H3,(H,24,26)(H,25,27). The number of anilines is 1. The van der Waals surface area contributed by atoms with Gasteiger partial charge in [0.1, 0.15) is 5.82 Å². The van der Waals surface area contributed by atoms with E-state index >= 15 is 0 Å². The molecule has 0 saturated heterocycles. The van der Waals surface area contributed by atoms with E-state index in [4.69, 9.17) is 4.42 Å². The van der Waals surface area contributed by atoms with Crippen molar-refractivity contribution in [1.29, 1.82) is 0 Å². The summed E-state index contributed by atoms with van der Waals surface area (Å²) in [6, 6.07) is 16.7. The van der Waals surface area contributed by atoms with Gasteiger partial charge in [-0.1, -0.05) is 31.2 Å². The van der Waals surface area contributed by atoms with Crippen molar-refractivity contribution in [3.8, 4) is 0 Å². The van der Waals surface area contributed by atoms with Crippen LogP contribution >= 0.6 is 0 Å². The molecule has 3 aromatic rings. The summed E-state index contributed by atoms with van der Waals surface area (Å²) in [5, 5.41) is 5.62. The van der Waals surface area contributed by atoms with Gasteiger partial charge in [-0.25, -0.2) is 4.39 Å². The van der Waals surface area contributed by atoms with Crippen molar-refractivity contribution in [2.24, 2.45) is 5.92 Å². The van der Waals surface area contributed by atoms with Crippen LogP contribution in [0.2, 0.25) is 0 Å². The minimum atomic E-state index is -0.322. The molecule has 1 heterocycles. The molecule has 0 fully saturated rings. The van der Waals surface area contributed by atoms with E-state index in [2.05, 4.69) is 10.6 Å². The van der Waals surface area contributed by atoms with Crippen molar-refractivity contribution in [3.63, 3.8) is 0 Å². The van der Waals surface area contributed by atoms with Crippen molar-refractivity contribution in [2.45, 2.75) is 19.9 Å². The van der Waals surface area contributed by atoms with E-state index in [0.717, 1.165) is 11.1 Å². The number of carbonyl (C=O) groups is 2. The van der Waals surface area contributed by atoms with Gasteiger partial charge >= 0.3 is 0 Å². The van der Waals surface area contributed by atoms with Crippen molar-refractivity contribution >= 4 is 17.5 Å². The van der Waals surface area contributed by atoms with Gasteiger partial charge in [0.25, 0.3) is 5.91 Å². The van der Waals surface area contributed by atoms with E-state index in [-0.39, 0.29) is 29.3 Å². The predicted molar refractivity (Wildman–Crippen MR) is 104 cm³/mol. The van der Waals surface area contributed by atoms with Crippen LogP contribution in [0, 0.1) is 11.7 Å². The number of nitrogens with one attached hydrogen (secondary N) is 2. The maximum Gasteiger partial charge on any atom is 0.291 e. The smallest absolute Gasteiger partial charge is 0.291 e. The molecule has 0 spiro atoms. The van der Waals surface area contributed by atoms with E-state index in [9.17, 15) is 14.0 Å². The number of benzene rings is 2. The molecule has 2 aromatic carbocycles. The van der Waals surface area contributed by atoms with Crippen molar-refractivity contribution in [2.75, 3.05) is 5.32 Å². The quantitative estimate of drug-likeness (QED) is 0.646. The predicted octanol–water partition coefficient (Wildman–Crippen LogP) is 4.17. The lowest BCUT2D eigenvalue weighted by Crippen LogP contribution is -2.29. The van der Waals surface area contributed by atoms with Gasteiger partial charge < -0.3 is 15.1 Å². The third-order valence-corrected chi connectivity index (χ3v) is 4.30. The Hall–Kier alpha value is -3.41. The summed E-state index contributed by atoms with van der Waals surface area (Å²) in [5.74, 6) is -0.752. The zero-order valence-corrected chi connectivity index (χ0v) is 15.4. The molecule has 0 aliphatic rings. The fourth-order valence-corrected chi connectivity index (χ4v) is 2.78. The first-order valence-electron chi connectivity index (χ1n) is 8.97. The number of furan rings is 1. The third-order valence-electron chi connectivity index (χ3n) is 4.30. The molecule has 5 nitrogen and oxygen atoms in total. The minimum absolute atomic E-state index is 0.0977. The van der Waals surface area contributed by atoms with Gasteiger partial charge in [-0.05, 0) is 53.9 Å². The molecule has 2 amide bonds. The van der Waals surface area contributed by atoms with Crippen molar-refractivity contribution in [1.82, 2.24) is 5.32 Å². The second-order valence-electron chi connectivity index (χ2n) is 6.58. The highest BCUT2D eigenvalue weighted by molar-refractivity contribution is 6.02. The van der Waals surface area contributed by atoms with Crippen LogP contribution in [0.1, 0.15) is 28.6 Å². The van der Waals surface area contributed by atoms with Crippen LogP contribution in [0.3, 0.4) is 0 Å². The summed E-state index contributed by atoms with van der Waals surface area (Å²) < 4.78 is 18.3. The van der Waals surface area contributed by atoms with Gasteiger partial charge in [-0.3, -0.25) is 9.59 Å². The third kappa shape index (κ3) is 5.30. The number of halogens is 1. The van der Waals surface area contributed by atoms with Crippen LogP contribution in [-0.2, 0) is 17.8 Å². The number of amides is 2. The number of rotatable bonds is 7. The Morgan fingerprint density at radius 2 is 1.82 bits per heavy atom. The van der Waals surface area contributed by atoms with Gasteiger partial charge in [-0.15, -0.1) is 0 Å². The van der Waals surface area contributed by atoms with Gasteiger partial charge in [0, 0.05) is 18.2 Å². The molecule has 1 aromatic heterocycles. The fourth-order valence-electron chi connectivity index (χ4n) is 2.78. The van der Waals surface area contributed by atoms with Crippen LogP contribution in [-0.4, -0.2) is 11.8 Å². The van der Waals surface area contributed by atoms with E-state index in [0.29, 0.717) is 18.7 Å². The highest BCUT2D eigenvalue weighted by Gasteiger charge is 2.14. The lowest BCUT2D eigenvalue weighted by molar-refractivity contribution is -0.124. The average Bonchev–Trinajstić information content (AvgIpc) is 3.22. The Balaban J connectivity index is 1.48. The molecule has 3 rings (SSSR count). The van der Waals surface area contributed by atoms with Crippen LogP contribution in [0.5, 0.6) is 0 Å². The molecule has 0 radical (unpaired) electrons. The number of hydrogen-bond acceptors (Lipinski definition) is 3. The lowest BCUT2D eigenvalue weighted by atomic mass is 10.0. The summed E-state index contributed by atoms with van der Waals surface area (Å²) in [4.78, 5) is 24.2. The topological polar surface area (TPSA) is 71.3 Å². The zero-order valence-electron chi connectivity index (χ0n) is 15.4. The zero-order chi connectivity index (χ0) is 19.9. The summed E-state index contributed by atoms with van der Waals surface area (Å²) in [6.45, 7) is 2.19. The van der Waals surface area contributed by atoms with E-state index < -0.39 is 0 Å². The molecule has 2 N–H and O–H groups in total. The largest absolute Gasteiger partial charge is 0.459 e. The molecule has 0 aliphatic heterocycles. The number of hydrogen-bond donors (Lipinski definition) is 2. The van der Waals surface area contributed by atoms with Gasteiger partial charge in [-0.2, -0.15) is 0 Å². The van der Waals surface area contributed by atoms with Crippen LogP contribution in [0.25, 0.3) is 0 Å². The summed E-state index contributed by atoms with van der Waals surface area (Å²) >= 11 is 0. The maximum absolute atomic E-state index is 13.2. The average molecular weight is 380 g/mol. The monoisotopic (exact) mass is 380 g/mol. The van der Waals surface area contributed by atoms with Crippen molar-refractivity contribution < 1.29 is 18.4 Å². The molecule has 6 heteroatoms. The SMILES string of the molecule is CC(Cc1cccc(F)c1)C(=O)NCc1ccc(NC(=O)c2ccco2)cc1. The molecule has 144 valence electrons. The molecule has 0 saturated carbocycles. The fraction of sp³-hybridized carbons (Fsp3) is 0.182. The van der Waals surface area contributed by atoms with Gasteiger partial charge in [0.2, 0.25) is 5.91 Å². The highest BCUT2D eigenvalue weighted by Crippen LogP contribution is 2.13. The number of carbonyl (C=O) groups excluding carboxylic acids is 2. The first-order chi connectivity index (χ1) is 13.5. The Kier molecular flexibility index (Phi) is 6.22. The molecule has 0 aliphatic carbocycles. The minimum Gasteiger partial charge on any atom is -0.459 e.